The third kappa shape index (κ3) is 2.49. The van der Waals surface area contributed by atoms with Crippen molar-refractivity contribution in [2.24, 2.45) is 5.41 Å². The van der Waals surface area contributed by atoms with Crippen LogP contribution in [0.3, 0.4) is 0 Å². The smallest absolute Gasteiger partial charge is 0.407 e. The number of amides is 1. The van der Waals surface area contributed by atoms with Gasteiger partial charge in [-0.2, -0.15) is 4.39 Å². The van der Waals surface area contributed by atoms with Gasteiger partial charge in [0.1, 0.15) is 6.61 Å². The highest BCUT2D eigenvalue weighted by Gasteiger charge is 2.38. The monoisotopic (exact) mass is 268 g/mol. The van der Waals surface area contributed by atoms with Gasteiger partial charge in [-0.15, -0.1) is 0 Å². The van der Waals surface area contributed by atoms with E-state index >= 15 is 0 Å². The summed E-state index contributed by atoms with van der Waals surface area (Å²) in [5.74, 6) is -0.898. The van der Waals surface area contributed by atoms with Gasteiger partial charge in [-0.05, 0) is 11.6 Å². The minimum atomic E-state index is -0.898. The molecule has 1 saturated heterocycles. The van der Waals surface area contributed by atoms with Crippen LogP contribution in [0.2, 0.25) is 0 Å². The number of ether oxygens (including phenoxy) is 1. The molecule has 1 amide bonds. The second-order valence-electron chi connectivity index (χ2n) is 5.11. The number of halogens is 1. The van der Waals surface area contributed by atoms with Crippen LogP contribution in [0.15, 0.2) is 18.2 Å². The lowest BCUT2D eigenvalue weighted by atomic mass is 9.80. The Labute approximate surface area is 108 Å². The van der Waals surface area contributed by atoms with Gasteiger partial charge < -0.3 is 10.1 Å². The van der Waals surface area contributed by atoms with Crippen molar-refractivity contribution in [3.05, 3.63) is 39.7 Å². The molecule has 1 aromatic carbocycles. The Kier molecular flexibility index (Phi) is 3.13. The van der Waals surface area contributed by atoms with Crippen molar-refractivity contribution in [1.82, 2.24) is 5.32 Å². The lowest BCUT2D eigenvalue weighted by Gasteiger charge is -2.38. The van der Waals surface area contributed by atoms with Gasteiger partial charge in [0.2, 0.25) is 5.82 Å². The fraction of sp³-hybridized carbons (Fsp3) is 0.417. The highest BCUT2D eigenvalue weighted by atomic mass is 19.1. The molecule has 1 aliphatic rings. The largest absolute Gasteiger partial charge is 0.449 e. The van der Waals surface area contributed by atoms with Gasteiger partial charge in [0, 0.05) is 11.5 Å². The van der Waals surface area contributed by atoms with Crippen molar-refractivity contribution in [3.63, 3.8) is 0 Å². The van der Waals surface area contributed by atoms with Gasteiger partial charge in [0.25, 0.3) is 0 Å². The highest BCUT2D eigenvalue weighted by molar-refractivity contribution is 5.69. The lowest BCUT2D eigenvalue weighted by Crippen LogP contribution is -2.46. The third-order valence-electron chi connectivity index (χ3n) is 3.12. The summed E-state index contributed by atoms with van der Waals surface area (Å²) in [6.45, 7) is 3.90. The van der Waals surface area contributed by atoms with Crippen LogP contribution in [0.5, 0.6) is 0 Å². The summed E-state index contributed by atoms with van der Waals surface area (Å²) in [6.07, 6.45) is -0.587. The summed E-state index contributed by atoms with van der Waals surface area (Å²) in [7, 11) is 0. The molecular formula is C12H13FN2O4. The Hall–Kier alpha value is -2.18. The summed E-state index contributed by atoms with van der Waals surface area (Å²) < 4.78 is 18.2. The van der Waals surface area contributed by atoms with Crippen LogP contribution in [-0.4, -0.2) is 17.6 Å². The SMILES string of the molecule is CC1(C)COC(=O)N[C@@H]1c1ccc(F)c([N+](=O)[O-])c1. The number of cyclic esters (lactones) is 1. The normalized spacial score (nSPS) is 21.4. The molecule has 1 atom stereocenters. The molecule has 0 spiro atoms. The van der Waals surface area contributed by atoms with Crippen LogP contribution in [0.4, 0.5) is 14.9 Å². The number of benzene rings is 1. The van der Waals surface area contributed by atoms with Gasteiger partial charge in [-0.1, -0.05) is 19.9 Å². The molecule has 1 fully saturated rings. The van der Waals surface area contributed by atoms with E-state index in [0.717, 1.165) is 12.1 Å². The second-order valence-corrected chi connectivity index (χ2v) is 5.11. The van der Waals surface area contributed by atoms with Crippen LogP contribution < -0.4 is 5.32 Å². The van der Waals surface area contributed by atoms with E-state index in [2.05, 4.69) is 5.32 Å². The quantitative estimate of drug-likeness (QED) is 0.660. The Morgan fingerprint density at radius 3 is 2.84 bits per heavy atom. The van der Waals surface area contributed by atoms with E-state index in [1.54, 1.807) is 0 Å². The molecular weight excluding hydrogens is 255 g/mol. The van der Waals surface area contributed by atoms with E-state index < -0.39 is 34.0 Å². The topological polar surface area (TPSA) is 81.5 Å². The molecule has 1 aromatic rings. The molecule has 1 N–H and O–H groups in total. The molecule has 0 unspecified atom stereocenters. The first-order valence-corrected chi connectivity index (χ1v) is 5.68. The molecule has 19 heavy (non-hydrogen) atoms. The maximum Gasteiger partial charge on any atom is 0.407 e. The van der Waals surface area contributed by atoms with Crippen LogP contribution >= 0.6 is 0 Å². The highest BCUT2D eigenvalue weighted by Crippen LogP contribution is 2.37. The predicted octanol–water partition coefficient (Wildman–Crippen LogP) is 2.54. The fourth-order valence-electron chi connectivity index (χ4n) is 2.07. The van der Waals surface area contributed by atoms with Gasteiger partial charge in [-0.25, -0.2) is 4.79 Å². The van der Waals surface area contributed by atoms with E-state index in [1.807, 2.05) is 13.8 Å². The van der Waals surface area contributed by atoms with Crippen molar-refractivity contribution in [3.8, 4) is 0 Å². The van der Waals surface area contributed by atoms with Gasteiger partial charge >= 0.3 is 11.8 Å². The summed E-state index contributed by atoms with van der Waals surface area (Å²) in [6, 6.07) is 3.15. The molecule has 2 rings (SSSR count). The van der Waals surface area contributed by atoms with E-state index in [0.29, 0.717) is 5.56 Å². The van der Waals surface area contributed by atoms with E-state index in [-0.39, 0.29) is 6.61 Å². The molecule has 0 saturated carbocycles. The van der Waals surface area contributed by atoms with Crippen molar-refractivity contribution < 1.29 is 18.8 Å². The maximum atomic E-state index is 13.3. The minimum Gasteiger partial charge on any atom is -0.449 e. The van der Waals surface area contributed by atoms with Crippen molar-refractivity contribution in [2.45, 2.75) is 19.9 Å². The van der Waals surface area contributed by atoms with Crippen molar-refractivity contribution in [1.29, 1.82) is 0 Å². The summed E-state index contributed by atoms with van der Waals surface area (Å²) in [5.41, 5.74) is -0.566. The molecule has 1 aliphatic heterocycles. The van der Waals surface area contributed by atoms with Crippen molar-refractivity contribution >= 4 is 11.8 Å². The van der Waals surface area contributed by atoms with Crippen LogP contribution in [0, 0.1) is 21.3 Å². The minimum absolute atomic E-state index is 0.189. The number of nitro benzene ring substituents is 1. The molecule has 0 aromatic heterocycles. The van der Waals surface area contributed by atoms with E-state index in [4.69, 9.17) is 4.74 Å². The third-order valence-corrected chi connectivity index (χ3v) is 3.12. The Morgan fingerprint density at radius 1 is 1.53 bits per heavy atom. The standard InChI is InChI=1S/C12H13FN2O4/c1-12(2)6-19-11(16)14-10(12)7-3-4-8(13)9(5-7)15(17)18/h3-5,10H,6H2,1-2H3,(H,14,16)/t10-/m1/s1. The number of alkyl carbamates (subject to hydrolysis) is 1. The summed E-state index contributed by atoms with van der Waals surface area (Å²) >= 11 is 0. The van der Waals surface area contributed by atoms with E-state index in [1.165, 1.54) is 6.07 Å². The first-order valence-electron chi connectivity index (χ1n) is 5.68. The van der Waals surface area contributed by atoms with Gasteiger partial charge in [0.15, 0.2) is 0 Å². The average molecular weight is 268 g/mol. The zero-order valence-corrected chi connectivity index (χ0v) is 10.5. The number of rotatable bonds is 2. The van der Waals surface area contributed by atoms with Crippen LogP contribution in [-0.2, 0) is 4.74 Å². The van der Waals surface area contributed by atoms with Crippen LogP contribution in [0.25, 0.3) is 0 Å². The zero-order chi connectivity index (χ0) is 14.2. The number of hydrogen-bond donors (Lipinski definition) is 1. The fourth-order valence-corrected chi connectivity index (χ4v) is 2.07. The summed E-state index contributed by atoms with van der Waals surface area (Å²) in [5, 5.41) is 13.3. The first kappa shape index (κ1) is 13.3. The zero-order valence-electron chi connectivity index (χ0n) is 10.5. The lowest BCUT2D eigenvalue weighted by molar-refractivity contribution is -0.387. The molecule has 0 aliphatic carbocycles. The molecule has 7 heteroatoms. The molecule has 102 valence electrons. The molecule has 6 nitrogen and oxygen atoms in total. The maximum absolute atomic E-state index is 13.3. The van der Waals surface area contributed by atoms with Gasteiger partial charge in [0.05, 0.1) is 11.0 Å². The average Bonchev–Trinajstić information content (AvgIpc) is 2.33. The Balaban J connectivity index is 2.42. The van der Waals surface area contributed by atoms with Crippen molar-refractivity contribution in [2.75, 3.05) is 6.61 Å². The first-order chi connectivity index (χ1) is 8.81. The number of nitrogens with zero attached hydrogens (tertiary/aromatic N) is 1. The molecule has 0 bridgehead atoms. The molecule has 0 radical (unpaired) electrons. The number of carbonyl (C=O) groups excluding carboxylic acids is 1. The number of carbonyl (C=O) groups is 1. The number of nitrogens with one attached hydrogen (secondary N) is 1. The number of nitro groups is 1. The van der Waals surface area contributed by atoms with Crippen LogP contribution in [0.1, 0.15) is 25.5 Å². The predicted molar refractivity (Wildman–Crippen MR) is 64.1 cm³/mol. The Morgan fingerprint density at radius 2 is 2.21 bits per heavy atom. The summed E-state index contributed by atoms with van der Waals surface area (Å²) in [4.78, 5) is 21.2. The number of hydrogen-bond acceptors (Lipinski definition) is 4. The Bertz CT molecular complexity index is 545. The van der Waals surface area contributed by atoms with Gasteiger partial charge in [-0.3, -0.25) is 10.1 Å². The second kappa shape index (κ2) is 4.49. The van der Waals surface area contributed by atoms with E-state index in [9.17, 15) is 19.3 Å². The molecule has 1 heterocycles.